The summed E-state index contributed by atoms with van der Waals surface area (Å²) in [5, 5.41) is 6.09. The minimum absolute atomic E-state index is 0.0358. The van der Waals surface area contributed by atoms with Gasteiger partial charge in [0.25, 0.3) is 0 Å². The Hall–Kier alpha value is -2.07. The topological polar surface area (TPSA) is 54.3 Å². The van der Waals surface area contributed by atoms with E-state index in [2.05, 4.69) is 22.8 Å². The molecule has 2 aromatic rings. The number of rotatable bonds is 8. The van der Waals surface area contributed by atoms with Crippen LogP contribution in [0, 0.1) is 0 Å². The minimum Gasteiger partial charge on any atom is -0.467 e. The Morgan fingerprint density at radius 3 is 2.65 bits per heavy atom. The van der Waals surface area contributed by atoms with Gasteiger partial charge in [0.15, 0.2) is 0 Å². The van der Waals surface area contributed by atoms with Gasteiger partial charge in [-0.1, -0.05) is 30.3 Å². The highest BCUT2D eigenvalue weighted by Gasteiger charge is 2.02. The van der Waals surface area contributed by atoms with Gasteiger partial charge in [0.05, 0.1) is 12.8 Å². The fourth-order valence-corrected chi connectivity index (χ4v) is 1.89. The SMILES string of the molecule is O=C(CCNCCc1ccccc1)NCc1ccco1. The standard InChI is InChI=1S/C16H20N2O2/c19-16(18-13-15-7-4-12-20-15)9-11-17-10-8-14-5-2-1-3-6-14/h1-7,12,17H,8-11,13H2,(H,18,19). The molecule has 20 heavy (non-hydrogen) atoms. The van der Waals surface area contributed by atoms with Crippen LogP contribution in [-0.4, -0.2) is 19.0 Å². The Bertz CT molecular complexity index is 494. The van der Waals surface area contributed by atoms with Gasteiger partial charge >= 0.3 is 0 Å². The van der Waals surface area contributed by atoms with E-state index < -0.39 is 0 Å². The van der Waals surface area contributed by atoms with Gasteiger partial charge in [-0.05, 0) is 30.7 Å². The third-order valence-corrected chi connectivity index (χ3v) is 3.00. The number of benzene rings is 1. The molecule has 2 N–H and O–H groups in total. The molecule has 0 fully saturated rings. The van der Waals surface area contributed by atoms with Crippen LogP contribution in [0.25, 0.3) is 0 Å². The van der Waals surface area contributed by atoms with Crippen molar-refractivity contribution in [1.29, 1.82) is 0 Å². The van der Waals surface area contributed by atoms with Gasteiger partial charge in [-0.3, -0.25) is 4.79 Å². The van der Waals surface area contributed by atoms with E-state index in [1.54, 1.807) is 6.26 Å². The smallest absolute Gasteiger partial charge is 0.221 e. The van der Waals surface area contributed by atoms with Crippen molar-refractivity contribution in [2.75, 3.05) is 13.1 Å². The molecule has 1 aromatic heterocycles. The molecule has 1 heterocycles. The zero-order valence-corrected chi connectivity index (χ0v) is 11.5. The van der Waals surface area contributed by atoms with Crippen molar-refractivity contribution in [2.24, 2.45) is 0 Å². The van der Waals surface area contributed by atoms with Crippen molar-refractivity contribution in [3.63, 3.8) is 0 Å². The van der Waals surface area contributed by atoms with Crippen molar-refractivity contribution >= 4 is 5.91 Å². The van der Waals surface area contributed by atoms with E-state index in [0.717, 1.165) is 18.7 Å². The Morgan fingerprint density at radius 1 is 1.05 bits per heavy atom. The molecule has 4 nitrogen and oxygen atoms in total. The van der Waals surface area contributed by atoms with Crippen LogP contribution in [0.15, 0.2) is 53.1 Å². The van der Waals surface area contributed by atoms with Gasteiger partial charge in [0.1, 0.15) is 5.76 Å². The van der Waals surface area contributed by atoms with Crippen molar-refractivity contribution in [3.05, 3.63) is 60.1 Å². The molecule has 0 aliphatic rings. The Morgan fingerprint density at radius 2 is 1.90 bits per heavy atom. The zero-order chi connectivity index (χ0) is 14.0. The highest BCUT2D eigenvalue weighted by molar-refractivity contribution is 5.75. The van der Waals surface area contributed by atoms with E-state index in [1.807, 2.05) is 30.3 Å². The third-order valence-electron chi connectivity index (χ3n) is 3.00. The molecule has 1 aromatic carbocycles. The zero-order valence-electron chi connectivity index (χ0n) is 11.5. The number of carbonyl (C=O) groups excluding carboxylic acids is 1. The summed E-state index contributed by atoms with van der Waals surface area (Å²) in [6.45, 7) is 2.03. The number of hydrogen-bond acceptors (Lipinski definition) is 3. The first-order chi connectivity index (χ1) is 9.84. The Labute approximate surface area is 119 Å². The first kappa shape index (κ1) is 14.3. The molecule has 0 aliphatic heterocycles. The fourth-order valence-electron chi connectivity index (χ4n) is 1.89. The number of furan rings is 1. The summed E-state index contributed by atoms with van der Waals surface area (Å²) in [4.78, 5) is 11.6. The highest BCUT2D eigenvalue weighted by Crippen LogP contribution is 1.99. The number of amides is 1. The summed E-state index contributed by atoms with van der Waals surface area (Å²) in [7, 11) is 0. The lowest BCUT2D eigenvalue weighted by molar-refractivity contribution is -0.121. The predicted molar refractivity (Wildman–Crippen MR) is 78.2 cm³/mol. The van der Waals surface area contributed by atoms with Gasteiger partial charge in [-0.25, -0.2) is 0 Å². The maximum atomic E-state index is 11.6. The lowest BCUT2D eigenvalue weighted by atomic mass is 10.1. The summed E-state index contributed by atoms with van der Waals surface area (Å²) >= 11 is 0. The molecular formula is C16H20N2O2. The second-order valence-corrected chi connectivity index (χ2v) is 4.59. The van der Waals surface area contributed by atoms with Crippen LogP contribution < -0.4 is 10.6 Å². The van der Waals surface area contributed by atoms with Crippen LogP contribution in [0.1, 0.15) is 17.7 Å². The summed E-state index contributed by atoms with van der Waals surface area (Å²) < 4.78 is 5.15. The monoisotopic (exact) mass is 272 g/mol. The lowest BCUT2D eigenvalue weighted by Gasteiger charge is -2.05. The molecule has 0 spiro atoms. The normalized spacial score (nSPS) is 10.4. The molecule has 2 rings (SSSR count). The van der Waals surface area contributed by atoms with Crippen molar-refractivity contribution in [3.8, 4) is 0 Å². The molecule has 0 atom stereocenters. The van der Waals surface area contributed by atoms with E-state index in [4.69, 9.17) is 4.42 Å². The highest BCUT2D eigenvalue weighted by atomic mass is 16.3. The van der Waals surface area contributed by atoms with Crippen LogP contribution in [0.4, 0.5) is 0 Å². The maximum absolute atomic E-state index is 11.6. The molecule has 0 saturated heterocycles. The first-order valence-electron chi connectivity index (χ1n) is 6.88. The van der Waals surface area contributed by atoms with Crippen molar-refractivity contribution in [2.45, 2.75) is 19.4 Å². The molecule has 0 aliphatic carbocycles. The number of nitrogens with one attached hydrogen (secondary N) is 2. The molecular weight excluding hydrogens is 252 g/mol. The largest absolute Gasteiger partial charge is 0.467 e. The Kier molecular flexibility index (Phi) is 5.86. The molecule has 0 bridgehead atoms. The third kappa shape index (κ3) is 5.28. The van der Waals surface area contributed by atoms with E-state index in [9.17, 15) is 4.79 Å². The van der Waals surface area contributed by atoms with Gasteiger partial charge in [0.2, 0.25) is 5.91 Å². The maximum Gasteiger partial charge on any atom is 0.221 e. The average Bonchev–Trinajstić information content (AvgIpc) is 2.99. The molecule has 0 radical (unpaired) electrons. The van der Waals surface area contributed by atoms with Crippen molar-refractivity contribution in [1.82, 2.24) is 10.6 Å². The van der Waals surface area contributed by atoms with E-state index >= 15 is 0 Å². The molecule has 0 saturated carbocycles. The molecule has 1 amide bonds. The lowest BCUT2D eigenvalue weighted by Crippen LogP contribution is -2.28. The fraction of sp³-hybridized carbons (Fsp3) is 0.312. The predicted octanol–water partition coefficient (Wildman–Crippen LogP) is 2.12. The second kappa shape index (κ2) is 8.17. The average molecular weight is 272 g/mol. The molecule has 106 valence electrons. The Balaban J connectivity index is 1.51. The minimum atomic E-state index is 0.0358. The quantitative estimate of drug-likeness (QED) is 0.724. The van der Waals surface area contributed by atoms with E-state index in [1.165, 1.54) is 5.56 Å². The molecule has 4 heteroatoms. The molecule has 0 unspecified atom stereocenters. The first-order valence-corrected chi connectivity index (χ1v) is 6.88. The van der Waals surface area contributed by atoms with Crippen LogP contribution in [0.3, 0.4) is 0 Å². The summed E-state index contributed by atoms with van der Waals surface area (Å²) in [5.74, 6) is 0.809. The summed E-state index contributed by atoms with van der Waals surface area (Å²) in [5.41, 5.74) is 1.31. The van der Waals surface area contributed by atoms with Crippen LogP contribution in [-0.2, 0) is 17.8 Å². The van der Waals surface area contributed by atoms with Crippen LogP contribution in [0.2, 0.25) is 0 Å². The van der Waals surface area contributed by atoms with Gasteiger partial charge < -0.3 is 15.1 Å². The van der Waals surface area contributed by atoms with Crippen LogP contribution in [0.5, 0.6) is 0 Å². The summed E-state index contributed by atoms with van der Waals surface area (Å²) in [6, 6.07) is 14.0. The van der Waals surface area contributed by atoms with Crippen molar-refractivity contribution < 1.29 is 9.21 Å². The van der Waals surface area contributed by atoms with E-state index in [0.29, 0.717) is 19.5 Å². The second-order valence-electron chi connectivity index (χ2n) is 4.59. The van der Waals surface area contributed by atoms with Gasteiger partial charge in [0, 0.05) is 13.0 Å². The summed E-state index contributed by atoms with van der Waals surface area (Å²) in [6.07, 6.45) is 3.07. The number of carbonyl (C=O) groups is 1. The van der Waals surface area contributed by atoms with E-state index in [-0.39, 0.29) is 5.91 Å². The number of hydrogen-bond donors (Lipinski definition) is 2. The van der Waals surface area contributed by atoms with Crippen LogP contribution >= 0.6 is 0 Å². The van der Waals surface area contributed by atoms with Gasteiger partial charge in [-0.15, -0.1) is 0 Å². The van der Waals surface area contributed by atoms with Gasteiger partial charge in [-0.2, -0.15) is 0 Å².